The average molecular weight is 328 g/mol. The second-order valence-electron chi connectivity index (χ2n) is 5.56. The Bertz CT molecular complexity index is 549. The highest BCUT2D eigenvalue weighted by Crippen LogP contribution is 2.27. The number of hydrogen-bond acceptors (Lipinski definition) is 4. The Hall–Kier alpha value is -1.66. The molecule has 1 saturated heterocycles. The van der Waals surface area contributed by atoms with E-state index in [1.165, 1.54) is 0 Å². The highest BCUT2D eigenvalue weighted by molar-refractivity contribution is 5.98. The van der Waals surface area contributed by atoms with Crippen molar-refractivity contribution < 1.29 is 9.72 Å². The van der Waals surface area contributed by atoms with E-state index in [4.69, 9.17) is 5.73 Å². The van der Waals surface area contributed by atoms with E-state index in [1.54, 1.807) is 30.0 Å². The van der Waals surface area contributed by atoms with Crippen LogP contribution < -0.4 is 5.73 Å². The molecule has 1 aromatic carbocycles. The molecule has 0 bridgehead atoms. The number of rotatable bonds is 4. The number of piperidine rings is 1. The molecular formula is C15H22ClN3O3. The number of nitro groups is 1. The van der Waals surface area contributed by atoms with Gasteiger partial charge >= 0.3 is 0 Å². The van der Waals surface area contributed by atoms with Gasteiger partial charge in [0.1, 0.15) is 5.56 Å². The Balaban J connectivity index is 0.00000242. The molecule has 1 aliphatic rings. The summed E-state index contributed by atoms with van der Waals surface area (Å²) in [6.07, 6.45) is 2.88. The Morgan fingerprint density at radius 2 is 2.23 bits per heavy atom. The maximum absolute atomic E-state index is 12.6. The monoisotopic (exact) mass is 327 g/mol. The Labute approximate surface area is 136 Å². The van der Waals surface area contributed by atoms with Crippen molar-refractivity contribution in [3.05, 3.63) is 39.4 Å². The molecule has 1 atom stereocenters. The second kappa shape index (κ2) is 8.10. The largest absolute Gasteiger partial charge is 0.338 e. The Morgan fingerprint density at radius 3 is 2.86 bits per heavy atom. The number of aryl methyl sites for hydroxylation is 1. The molecule has 6 nitrogen and oxygen atoms in total. The van der Waals surface area contributed by atoms with Crippen molar-refractivity contribution in [2.75, 3.05) is 19.6 Å². The van der Waals surface area contributed by atoms with Crippen LogP contribution in [0.25, 0.3) is 0 Å². The van der Waals surface area contributed by atoms with E-state index in [2.05, 4.69) is 0 Å². The van der Waals surface area contributed by atoms with Gasteiger partial charge in [-0.15, -0.1) is 12.4 Å². The average Bonchev–Trinajstić information content (AvgIpc) is 2.46. The van der Waals surface area contributed by atoms with Crippen LogP contribution in [0.4, 0.5) is 5.69 Å². The van der Waals surface area contributed by atoms with Gasteiger partial charge in [0.05, 0.1) is 4.92 Å². The number of carbonyl (C=O) groups is 1. The number of nitrogens with two attached hydrogens (primary N) is 1. The van der Waals surface area contributed by atoms with Crippen LogP contribution in [-0.4, -0.2) is 35.4 Å². The van der Waals surface area contributed by atoms with Gasteiger partial charge in [-0.05, 0) is 44.7 Å². The smallest absolute Gasteiger partial charge is 0.285 e. The first-order valence-corrected chi connectivity index (χ1v) is 7.28. The van der Waals surface area contributed by atoms with Gasteiger partial charge in [-0.2, -0.15) is 0 Å². The van der Waals surface area contributed by atoms with Crippen LogP contribution in [-0.2, 0) is 0 Å². The minimum atomic E-state index is -0.468. The summed E-state index contributed by atoms with van der Waals surface area (Å²) in [5.41, 5.74) is 6.21. The highest BCUT2D eigenvalue weighted by Gasteiger charge is 2.29. The molecule has 2 rings (SSSR count). The summed E-state index contributed by atoms with van der Waals surface area (Å²) >= 11 is 0. The van der Waals surface area contributed by atoms with Gasteiger partial charge in [-0.25, -0.2) is 0 Å². The standard InChI is InChI=1S/C15H21N3O3.ClH/c1-11-4-2-6-13(14(11)18(20)21)15(19)17-9-3-5-12(10-17)7-8-16;/h2,4,6,12H,3,5,7-10,16H2,1H3;1H. The molecule has 0 spiro atoms. The van der Waals surface area contributed by atoms with Gasteiger partial charge in [0, 0.05) is 18.7 Å². The predicted octanol–water partition coefficient (Wildman–Crippen LogP) is 2.53. The lowest BCUT2D eigenvalue weighted by Crippen LogP contribution is -2.40. The number of carbonyl (C=O) groups excluding carboxylic acids is 1. The molecule has 0 radical (unpaired) electrons. The number of para-hydroxylation sites is 1. The third-order valence-electron chi connectivity index (χ3n) is 4.03. The second-order valence-corrected chi connectivity index (χ2v) is 5.56. The lowest BCUT2D eigenvalue weighted by atomic mass is 9.94. The molecule has 122 valence electrons. The maximum Gasteiger partial charge on any atom is 0.285 e. The molecule has 1 heterocycles. The summed E-state index contributed by atoms with van der Waals surface area (Å²) in [4.78, 5) is 25.1. The van der Waals surface area contributed by atoms with Crippen LogP contribution in [0.5, 0.6) is 0 Å². The molecule has 1 aromatic rings. The fourth-order valence-electron chi connectivity index (χ4n) is 2.97. The number of nitro benzene ring substituents is 1. The van der Waals surface area contributed by atoms with Crippen molar-refractivity contribution in [2.45, 2.75) is 26.2 Å². The summed E-state index contributed by atoms with van der Waals surface area (Å²) in [5.74, 6) is 0.156. The van der Waals surface area contributed by atoms with Crippen LogP contribution in [0.3, 0.4) is 0 Å². The number of amides is 1. The van der Waals surface area contributed by atoms with Crippen LogP contribution >= 0.6 is 12.4 Å². The fraction of sp³-hybridized carbons (Fsp3) is 0.533. The van der Waals surface area contributed by atoms with Crippen LogP contribution in [0.15, 0.2) is 18.2 Å². The Kier molecular flexibility index (Phi) is 6.77. The number of hydrogen-bond donors (Lipinski definition) is 1. The van der Waals surface area contributed by atoms with Gasteiger partial charge in [0.2, 0.25) is 0 Å². The lowest BCUT2D eigenvalue weighted by Gasteiger charge is -2.32. The summed E-state index contributed by atoms with van der Waals surface area (Å²) in [6, 6.07) is 4.89. The third-order valence-corrected chi connectivity index (χ3v) is 4.03. The van der Waals surface area contributed by atoms with Gasteiger partial charge in [-0.3, -0.25) is 14.9 Å². The number of nitrogens with zero attached hydrogens (tertiary/aromatic N) is 2. The number of benzene rings is 1. The topological polar surface area (TPSA) is 89.5 Å². The first-order chi connectivity index (χ1) is 10.0. The first kappa shape index (κ1) is 18.4. The SMILES string of the molecule is Cc1cccc(C(=O)N2CCCC(CCN)C2)c1[N+](=O)[O-].Cl. The molecule has 0 aliphatic carbocycles. The minimum absolute atomic E-state index is 0. The van der Waals surface area contributed by atoms with Crippen molar-refractivity contribution in [2.24, 2.45) is 11.7 Å². The maximum atomic E-state index is 12.6. The molecule has 1 amide bonds. The van der Waals surface area contributed by atoms with E-state index >= 15 is 0 Å². The normalized spacial score (nSPS) is 17.7. The van der Waals surface area contributed by atoms with Crippen LogP contribution in [0.2, 0.25) is 0 Å². The minimum Gasteiger partial charge on any atom is -0.338 e. The molecule has 1 aliphatic heterocycles. The first-order valence-electron chi connectivity index (χ1n) is 7.28. The highest BCUT2D eigenvalue weighted by atomic mass is 35.5. The zero-order valence-corrected chi connectivity index (χ0v) is 13.5. The van der Waals surface area contributed by atoms with Crippen molar-refractivity contribution >= 4 is 24.0 Å². The molecular weight excluding hydrogens is 306 g/mol. The van der Waals surface area contributed by atoms with Crippen molar-refractivity contribution in [3.8, 4) is 0 Å². The molecule has 22 heavy (non-hydrogen) atoms. The van der Waals surface area contributed by atoms with E-state index < -0.39 is 4.92 Å². The van der Waals surface area contributed by atoms with Crippen molar-refractivity contribution in [1.82, 2.24) is 4.90 Å². The van der Waals surface area contributed by atoms with Gasteiger partial charge in [-0.1, -0.05) is 12.1 Å². The van der Waals surface area contributed by atoms with Gasteiger partial charge < -0.3 is 10.6 Å². The number of likely N-dealkylation sites (tertiary alicyclic amines) is 1. The summed E-state index contributed by atoms with van der Waals surface area (Å²) in [6.45, 7) is 3.56. The van der Waals surface area contributed by atoms with E-state index in [1.807, 2.05) is 0 Å². The predicted molar refractivity (Wildman–Crippen MR) is 87.4 cm³/mol. The van der Waals surface area contributed by atoms with E-state index in [0.29, 0.717) is 31.1 Å². The zero-order valence-electron chi connectivity index (χ0n) is 12.7. The quantitative estimate of drug-likeness (QED) is 0.679. The van der Waals surface area contributed by atoms with Crippen LogP contribution in [0.1, 0.15) is 35.2 Å². The molecule has 2 N–H and O–H groups in total. The molecule has 1 unspecified atom stereocenters. The van der Waals surface area contributed by atoms with Gasteiger partial charge in [0.25, 0.3) is 11.6 Å². The molecule has 1 fully saturated rings. The third kappa shape index (κ3) is 3.96. The van der Waals surface area contributed by atoms with Crippen molar-refractivity contribution in [3.63, 3.8) is 0 Å². The van der Waals surface area contributed by atoms with E-state index in [-0.39, 0.29) is 29.6 Å². The lowest BCUT2D eigenvalue weighted by molar-refractivity contribution is -0.385. The van der Waals surface area contributed by atoms with Gasteiger partial charge in [0.15, 0.2) is 0 Å². The van der Waals surface area contributed by atoms with E-state index in [0.717, 1.165) is 19.3 Å². The Morgan fingerprint density at radius 1 is 1.50 bits per heavy atom. The summed E-state index contributed by atoms with van der Waals surface area (Å²) < 4.78 is 0. The fourth-order valence-corrected chi connectivity index (χ4v) is 2.97. The summed E-state index contributed by atoms with van der Waals surface area (Å²) in [5, 5.41) is 11.2. The summed E-state index contributed by atoms with van der Waals surface area (Å²) in [7, 11) is 0. The molecule has 0 saturated carbocycles. The zero-order chi connectivity index (χ0) is 15.4. The molecule has 7 heteroatoms. The number of halogens is 1. The van der Waals surface area contributed by atoms with Crippen molar-refractivity contribution in [1.29, 1.82) is 0 Å². The van der Waals surface area contributed by atoms with Crippen LogP contribution in [0, 0.1) is 23.0 Å². The molecule has 0 aromatic heterocycles. The van der Waals surface area contributed by atoms with E-state index in [9.17, 15) is 14.9 Å².